The van der Waals surface area contributed by atoms with Crippen LogP contribution in [-0.2, 0) is 4.74 Å². The summed E-state index contributed by atoms with van der Waals surface area (Å²) in [6.07, 6.45) is 1.09. The second kappa shape index (κ2) is 7.24. The van der Waals surface area contributed by atoms with Crippen molar-refractivity contribution in [1.29, 1.82) is 0 Å². The minimum absolute atomic E-state index is 0.274. The lowest BCUT2D eigenvalue weighted by Crippen LogP contribution is -2.24. The molecule has 0 bridgehead atoms. The molecule has 0 spiro atoms. The monoisotopic (exact) mass is 277 g/mol. The Bertz CT molecular complexity index is 409. The van der Waals surface area contributed by atoms with E-state index in [1.165, 1.54) is 22.3 Å². The topological polar surface area (TPSA) is 21.3 Å². The van der Waals surface area contributed by atoms with Crippen LogP contribution < -0.4 is 5.32 Å². The lowest BCUT2D eigenvalue weighted by atomic mass is 9.93. The van der Waals surface area contributed by atoms with Crippen LogP contribution in [0.2, 0.25) is 0 Å². The quantitative estimate of drug-likeness (QED) is 0.782. The van der Waals surface area contributed by atoms with E-state index in [1.807, 2.05) is 7.05 Å². The zero-order valence-corrected chi connectivity index (χ0v) is 14.3. The second-order valence-corrected chi connectivity index (χ2v) is 7.04. The summed E-state index contributed by atoms with van der Waals surface area (Å²) in [7, 11) is 2.01. The number of benzene rings is 1. The SMILES string of the molecule is CNC(COCCC(C)(C)C)c1c(C)cc(C)cc1C. The van der Waals surface area contributed by atoms with Crippen LogP contribution in [0.25, 0.3) is 0 Å². The Morgan fingerprint density at radius 1 is 1.10 bits per heavy atom. The molecule has 0 fully saturated rings. The first-order valence-electron chi connectivity index (χ1n) is 7.57. The number of hydrogen-bond donors (Lipinski definition) is 1. The van der Waals surface area contributed by atoms with Crippen LogP contribution in [0.3, 0.4) is 0 Å². The van der Waals surface area contributed by atoms with Crippen molar-refractivity contribution < 1.29 is 4.74 Å². The summed E-state index contributed by atoms with van der Waals surface area (Å²) < 4.78 is 5.89. The van der Waals surface area contributed by atoms with Gasteiger partial charge < -0.3 is 10.1 Å². The Kier molecular flexibility index (Phi) is 6.22. The van der Waals surface area contributed by atoms with Crippen molar-refractivity contribution in [2.75, 3.05) is 20.3 Å². The third-order valence-corrected chi connectivity index (χ3v) is 3.72. The fourth-order valence-electron chi connectivity index (χ4n) is 2.63. The smallest absolute Gasteiger partial charge is 0.0661 e. The highest BCUT2D eigenvalue weighted by molar-refractivity contribution is 5.39. The van der Waals surface area contributed by atoms with Crippen molar-refractivity contribution in [2.45, 2.75) is 54.0 Å². The molecule has 1 atom stereocenters. The molecule has 20 heavy (non-hydrogen) atoms. The van der Waals surface area contributed by atoms with E-state index in [4.69, 9.17) is 4.74 Å². The molecule has 114 valence electrons. The molecule has 0 amide bonds. The second-order valence-electron chi connectivity index (χ2n) is 7.04. The average Bonchev–Trinajstić information content (AvgIpc) is 2.29. The summed E-state index contributed by atoms with van der Waals surface area (Å²) in [5.41, 5.74) is 5.74. The van der Waals surface area contributed by atoms with Crippen LogP contribution in [0.5, 0.6) is 0 Å². The summed E-state index contributed by atoms with van der Waals surface area (Å²) in [5, 5.41) is 3.39. The van der Waals surface area contributed by atoms with Crippen molar-refractivity contribution in [1.82, 2.24) is 5.32 Å². The molecule has 0 aliphatic rings. The van der Waals surface area contributed by atoms with Gasteiger partial charge in [0, 0.05) is 6.61 Å². The van der Waals surface area contributed by atoms with Crippen molar-refractivity contribution in [3.05, 3.63) is 34.4 Å². The van der Waals surface area contributed by atoms with Crippen molar-refractivity contribution in [2.24, 2.45) is 5.41 Å². The average molecular weight is 277 g/mol. The summed E-state index contributed by atoms with van der Waals surface area (Å²) in [5.74, 6) is 0. The molecule has 0 heterocycles. The van der Waals surface area contributed by atoms with E-state index in [0.717, 1.165) is 19.6 Å². The van der Waals surface area contributed by atoms with Gasteiger partial charge >= 0.3 is 0 Å². The highest BCUT2D eigenvalue weighted by atomic mass is 16.5. The molecule has 0 saturated heterocycles. The first kappa shape index (κ1) is 17.2. The standard InChI is InChI=1S/C18H31NO/c1-13-10-14(2)17(15(3)11-13)16(19-7)12-20-9-8-18(4,5)6/h10-11,16,19H,8-9,12H2,1-7H3. The Balaban J connectivity index is 2.68. The molecule has 2 nitrogen and oxygen atoms in total. The van der Waals surface area contributed by atoms with Gasteiger partial charge in [-0.2, -0.15) is 0 Å². The van der Waals surface area contributed by atoms with Gasteiger partial charge in [0.05, 0.1) is 12.6 Å². The Morgan fingerprint density at radius 2 is 1.65 bits per heavy atom. The first-order valence-corrected chi connectivity index (χ1v) is 7.57. The predicted molar refractivity (Wildman–Crippen MR) is 87.3 cm³/mol. The molecular formula is C18H31NO. The number of rotatable bonds is 6. The minimum Gasteiger partial charge on any atom is -0.379 e. The van der Waals surface area contributed by atoms with Gasteiger partial charge in [0.15, 0.2) is 0 Å². The van der Waals surface area contributed by atoms with Gasteiger partial charge in [-0.05, 0) is 56.3 Å². The number of nitrogens with one attached hydrogen (secondary N) is 1. The van der Waals surface area contributed by atoms with E-state index >= 15 is 0 Å². The zero-order valence-electron chi connectivity index (χ0n) is 14.3. The van der Waals surface area contributed by atoms with Gasteiger partial charge in [0.25, 0.3) is 0 Å². The van der Waals surface area contributed by atoms with E-state index in [1.54, 1.807) is 0 Å². The Labute approximate surface area is 124 Å². The van der Waals surface area contributed by atoms with E-state index in [2.05, 4.69) is 59.0 Å². The number of hydrogen-bond acceptors (Lipinski definition) is 2. The van der Waals surface area contributed by atoms with Crippen LogP contribution in [0.15, 0.2) is 12.1 Å². The third kappa shape index (κ3) is 5.26. The van der Waals surface area contributed by atoms with Crippen LogP contribution in [0.4, 0.5) is 0 Å². The van der Waals surface area contributed by atoms with E-state index in [0.29, 0.717) is 5.41 Å². The van der Waals surface area contributed by atoms with Gasteiger partial charge in [-0.25, -0.2) is 0 Å². The van der Waals surface area contributed by atoms with Crippen LogP contribution in [-0.4, -0.2) is 20.3 Å². The zero-order chi connectivity index (χ0) is 15.3. The molecule has 0 aromatic heterocycles. The minimum atomic E-state index is 0.274. The maximum Gasteiger partial charge on any atom is 0.0661 e. The van der Waals surface area contributed by atoms with Gasteiger partial charge in [0.1, 0.15) is 0 Å². The normalized spacial score (nSPS) is 13.6. The number of ether oxygens (including phenoxy) is 1. The molecule has 0 aliphatic carbocycles. The molecule has 2 heteroatoms. The molecule has 0 radical (unpaired) electrons. The van der Waals surface area contributed by atoms with Crippen molar-refractivity contribution in [3.63, 3.8) is 0 Å². The number of likely N-dealkylation sites (N-methyl/N-ethyl adjacent to an activating group) is 1. The fourth-order valence-corrected chi connectivity index (χ4v) is 2.63. The van der Waals surface area contributed by atoms with Crippen LogP contribution in [0, 0.1) is 26.2 Å². The molecule has 1 aromatic rings. The van der Waals surface area contributed by atoms with Crippen LogP contribution >= 0.6 is 0 Å². The van der Waals surface area contributed by atoms with Gasteiger partial charge in [0.2, 0.25) is 0 Å². The molecule has 1 N–H and O–H groups in total. The van der Waals surface area contributed by atoms with Gasteiger partial charge in [-0.15, -0.1) is 0 Å². The first-order chi connectivity index (χ1) is 9.24. The molecule has 1 aromatic carbocycles. The lowest BCUT2D eigenvalue weighted by Gasteiger charge is -2.23. The Morgan fingerprint density at radius 3 is 2.10 bits per heavy atom. The fraction of sp³-hybridized carbons (Fsp3) is 0.667. The highest BCUT2D eigenvalue weighted by Gasteiger charge is 2.16. The Hall–Kier alpha value is -0.860. The predicted octanol–water partition coefficient (Wildman–Crippen LogP) is 4.33. The summed E-state index contributed by atoms with van der Waals surface area (Å²) in [4.78, 5) is 0. The van der Waals surface area contributed by atoms with Crippen LogP contribution in [0.1, 0.15) is 55.5 Å². The molecule has 0 saturated carbocycles. The molecule has 1 rings (SSSR count). The highest BCUT2D eigenvalue weighted by Crippen LogP contribution is 2.24. The summed E-state index contributed by atoms with van der Waals surface area (Å²) in [6.45, 7) is 14.8. The van der Waals surface area contributed by atoms with Crippen molar-refractivity contribution in [3.8, 4) is 0 Å². The van der Waals surface area contributed by atoms with Crippen molar-refractivity contribution >= 4 is 0 Å². The summed E-state index contributed by atoms with van der Waals surface area (Å²) >= 11 is 0. The third-order valence-electron chi connectivity index (χ3n) is 3.72. The van der Waals surface area contributed by atoms with E-state index in [-0.39, 0.29) is 6.04 Å². The maximum absolute atomic E-state index is 5.89. The van der Waals surface area contributed by atoms with Gasteiger partial charge in [-0.3, -0.25) is 0 Å². The van der Waals surface area contributed by atoms with E-state index < -0.39 is 0 Å². The molecular weight excluding hydrogens is 246 g/mol. The van der Waals surface area contributed by atoms with E-state index in [9.17, 15) is 0 Å². The van der Waals surface area contributed by atoms with Gasteiger partial charge in [-0.1, -0.05) is 38.5 Å². The lowest BCUT2D eigenvalue weighted by molar-refractivity contribution is 0.0911. The molecule has 1 unspecified atom stereocenters. The summed E-state index contributed by atoms with van der Waals surface area (Å²) in [6, 6.07) is 4.78. The largest absolute Gasteiger partial charge is 0.379 e. The molecule has 0 aliphatic heterocycles. The maximum atomic E-state index is 5.89. The number of aryl methyl sites for hydroxylation is 3.